The number of nitrogens with zero attached hydrogens (tertiary/aromatic N) is 2. The fourth-order valence-electron chi connectivity index (χ4n) is 1.58. The van der Waals surface area contributed by atoms with Crippen LogP contribution in [0.25, 0.3) is 0 Å². The van der Waals surface area contributed by atoms with E-state index in [0.717, 1.165) is 10.5 Å². The van der Waals surface area contributed by atoms with Crippen molar-refractivity contribution >= 4 is 5.91 Å². The number of hydrogen-bond acceptors (Lipinski definition) is 2. The minimum absolute atomic E-state index is 0.142. The first-order valence-electron chi connectivity index (χ1n) is 5.64. The second-order valence-electron chi connectivity index (χ2n) is 3.87. The molecule has 0 radical (unpaired) electrons. The number of halogens is 2. The molecule has 1 amide bonds. The van der Waals surface area contributed by atoms with Crippen molar-refractivity contribution < 1.29 is 13.6 Å². The summed E-state index contributed by atoms with van der Waals surface area (Å²) in [5.41, 5.74) is 1.23. The Morgan fingerprint density at radius 1 is 1.39 bits per heavy atom. The molecule has 3 nitrogen and oxygen atoms in total. The van der Waals surface area contributed by atoms with Crippen LogP contribution >= 0.6 is 0 Å². The number of carbonyl (C=O) groups is 1. The fraction of sp³-hybridized carbons (Fsp3) is 0.385. The van der Waals surface area contributed by atoms with E-state index < -0.39 is 12.3 Å². The molecule has 0 bridgehead atoms. The molecule has 0 aromatic heterocycles. The summed E-state index contributed by atoms with van der Waals surface area (Å²) in [4.78, 5) is 12.4. The van der Waals surface area contributed by atoms with Crippen LogP contribution in [-0.2, 0) is 11.3 Å². The third kappa shape index (κ3) is 3.81. The van der Waals surface area contributed by atoms with Crippen molar-refractivity contribution in [1.82, 2.24) is 4.90 Å². The molecule has 1 aromatic carbocycles. The zero-order valence-corrected chi connectivity index (χ0v) is 10.1. The molecular formula is C13H14F2N2O. The molecule has 96 valence electrons. The van der Waals surface area contributed by atoms with Gasteiger partial charge in [0, 0.05) is 13.1 Å². The van der Waals surface area contributed by atoms with Gasteiger partial charge in [0.2, 0.25) is 0 Å². The van der Waals surface area contributed by atoms with Gasteiger partial charge in [-0.25, -0.2) is 0 Å². The smallest absolute Gasteiger partial charge is 0.315 e. The van der Waals surface area contributed by atoms with Gasteiger partial charge in [0.05, 0.1) is 11.6 Å². The van der Waals surface area contributed by atoms with Gasteiger partial charge in [-0.05, 0) is 24.1 Å². The minimum Gasteiger partial charge on any atom is -0.333 e. The molecule has 0 aliphatic heterocycles. The molecule has 5 heteroatoms. The van der Waals surface area contributed by atoms with E-state index >= 15 is 0 Å². The summed E-state index contributed by atoms with van der Waals surface area (Å²) >= 11 is 0. The van der Waals surface area contributed by atoms with Gasteiger partial charge in [-0.3, -0.25) is 4.79 Å². The van der Waals surface area contributed by atoms with Crippen LogP contribution in [-0.4, -0.2) is 23.8 Å². The average Bonchev–Trinajstić information content (AvgIpc) is 2.38. The summed E-state index contributed by atoms with van der Waals surface area (Å²) in [6.45, 7) is 2.26. The Morgan fingerprint density at radius 3 is 2.44 bits per heavy atom. The number of hydrogen-bond donors (Lipinski definition) is 0. The van der Waals surface area contributed by atoms with Gasteiger partial charge in [-0.2, -0.15) is 14.0 Å². The Morgan fingerprint density at radius 2 is 2.00 bits per heavy atom. The Kier molecular flexibility index (Phi) is 5.25. The Hall–Kier alpha value is -1.96. The van der Waals surface area contributed by atoms with E-state index in [1.165, 1.54) is 0 Å². The molecule has 0 saturated carbocycles. The standard InChI is InChI=1S/C13H14F2N2O/c1-2-7-17(13(18)12(14)15)9-11-5-3-10(8-16)4-6-11/h3-6,12H,2,7,9H2,1H3. The summed E-state index contributed by atoms with van der Waals surface area (Å²) in [5, 5.41) is 8.64. The maximum Gasteiger partial charge on any atom is 0.315 e. The van der Waals surface area contributed by atoms with Crippen LogP contribution in [0, 0.1) is 11.3 Å². The normalized spacial score (nSPS) is 10.2. The zero-order chi connectivity index (χ0) is 13.5. The highest BCUT2D eigenvalue weighted by Crippen LogP contribution is 2.10. The topological polar surface area (TPSA) is 44.1 Å². The second kappa shape index (κ2) is 6.70. The maximum absolute atomic E-state index is 12.4. The summed E-state index contributed by atoms with van der Waals surface area (Å²) in [7, 11) is 0. The lowest BCUT2D eigenvalue weighted by molar-refractivity contribution is -0.143. The van der Waals surface area contributed by atoms with E-state index in [-0.39, 0.29) is 6.54 Å². The number of nitriles is 1. The number of rotatable bonds is 5. The Labute approximate surface area is 105 Å². The molecular weight excluding hydrogens is 238 g/mol. The number of benzene rings is 1. The second-order valence-corrected chi connectivity index (χ2v) is 3.87. The van der Waals surface area contributed by atoms with Crippen LogP contribution in [0.3, 0.4) is 0 Å². The number of alkyl halides is 2. The van der Waals surface area contributed by atoms with Crippen molar-refractivity contribution in [2.45, 2.75) is 26.3 Å². The minimum atomic E-state index is -2.98. The van der Waals surface area contributed by atoms with E-state index in [9.17, 15) is 13.6 Å². The van der Waals surface area contributed by atoms with E-state index in [4.69, 9.17) is 5.26 Å². The van der Waals surface area contributed by atoms with Gasteiger partial charge in [-0.1, -0.05) is 19.1 Å². The molecule has 1 rings (SSSR count). The van der Waals surface area contributed by atoms with Crippen molar-refractivity contribution in [2.24, 2.45) is 0 Å². The number of carbonyl (C=O) groups excluding carboxylic acids is 1. The lowest BCUT2D eigenvalue weighted by Gasteiger charge is -2.21. The van der Waals surface area contributed by atoms with Crippen molar-refractivity contribution in [2.75, 3.05) is 6.54 Å². The fourth-order valence-corrected chi connectivity index (χ4v) is 1.58. The largest absolute Gasteiger partial charge is 0.333 e. The molecule has 0 saturated heterocycles. The Bertz CT molecular complexity index is 437. The van der Waals surface area contributed by atoms with Gasteiger partial charge in [0.25, 0.3) is 5.91 Å². The molecule has 18 heavy (non-hydrogen) atoms. The summed E-state index contributed by atoms with van der Waals surface area (Å²) < 4.78 is 24.8. The van der Waals surface area contributed by atoms with Crippen molar-refractivity contribution in [3.05, 3.63) is 35.4 Å². The lowest BCUT2D eigenvalue weighted by Crippen LogP contribution is -2.35. The highest BCUT2D eigenvalue weighted by molar-refractivity contribution is 5.79. The first-order chi connectivity index (χ1) is 8.58. The molecule has 0 unspecified atom stereocenters. The van der Waals surface area contributed by atoms with E-state index in [0.29, 0.717) is 18.5 Å². The van der Waals surface area contributed by atoms with Crippen LogP contribution in [0.2, 0.25) is 0 Å². The third-order valence-electron chi connectivity index (χ3n) is 2.45. The van der Waals surface area contributed by atoms with E-state index in [1.807, 2.05) is 13.0 Å². The van der Waals surface area contributed by atoms with Crippen molar-refractivity contribution in [3.63, 3.8) is 0 Å². The maximum atomic E-state index is 12.4. The number of amides is 1. The molecule has 0 spiro atoms. The predicted molar refractivity (Wildman–Crippen MR) is 62.9 cm³/mol. The van der Waals surface area contributed by atoms with Crippen molar-refractivity contribution in [3.8, 4) is 6.07 Å². The van der Waals surface area contributed by atoms with Gasteiger partial charge in [0.1, 0.15) is 0 Å². The monoisotopic (exact) mass is 252 g/mol. The van der Waals surface area contributed by atoms with Crippen molar-refractivity contribution in [1.29, 1.82) is 5.26 Å². The summed E-state index contributed by atoms with van der Waals surface area (Å²) in [6.07, 6.45) is -2.36. The van der Waals surface area contributed by atoms with E-state index in [1.54, 1.807) is 24.3 Å². The van der Waals surface area contributed by atoms with Crippen LogP contribution < -0.4 is 0 Å². The van der Waals surface area contributed by atoms with Gasteiger partial charge in [0.15, 0.2) is 0 Å². The molecule has 0 N–H and O–H groups in total. The molecule has 0 fully saturated rings. The SMILES string of the molecule is CCCN(Cc1ccc(C#N)cc1)C(=O)C(F)F. The predicted octanol–water partition coefficient (Wildman–Crippen LogP) is 2.56. The van der Waals surface area contributed by atoms with Crippen LogP contribution in [0.1, 0.15) is 24.5 Å². The van der Waals surface area contributed by atoms with Crippen LogP contribution in [0.5, 0.6) is 0 Å². The quantitative estimate of drug-likeness (QED) is 0.808. The summed E-state index contributed by atoms with van der Waals surface area (Å²) in [5.74, 6) is -1.15. The first kappa shape index (κ1) is 14.1. The molecule has 0 aliphatic carbocycles. The summed E-state index contributed by atoms with van der Waals surface area (Å²) in [6, 6.07) is 8.51. The highest BCUT2D eigenvalue weighted by atomic mass is 19.3. The molecule has 0 atom stereocenters. The zero-order valence-electron chi connectivity index (χ0n) is 10.1. The lowest BCUT2D eigenvalue weighted by atomic mass is 10.1. The Balaban J connectivity index is 2.76. The molecule has 0 heterocycles. The van der Waals surface area contributed by atoms with Gasteiger partial charge < -0.3 is 4.90 Å². The van der Waals surface area contributed by atoms with Gasteiger partial charge >= 0.3 is 6.43 Å². The van der Waals surface area contributed by atoms with Crippen LogP contribution in [0.15, 0.2) is 24.3 Å². The van der Waals surface area contributed by atoms with Gasteiger partial charge in [-0.15, -0.1) is 0 Å². The average molecular weight is 252 g/mol. The molecule has 0 aliphatic rings. The van der Waals surface area contributed by atoms with E-state index in [2.05, 4.69) is 0 Å². The van der Waals surface area contributed by atoms with Crippen LogP contribution in [0.4, 0.5) is 8.78 Å². The highest BCUT2D eigenvalue weighted by Gasteiger charge is 2.22. The third-order valence-corrected chi connectivity index (χ3v) is 2.45. The molecule has 1 aromatic rings. The first-order valence-corrected chi connectivity index (χ1v) is 5.64.